The Morgan fingerprint density at radius 2 is 1.63 bits per heavy atom. The fraction of sp³-hybridized carbons (Fsp3) is 0.600. The molecule has 0 spiro atoms. The van der Waals surface area contributed by atoms with Crippen molar-refractivity contribution in [3.8, 4) is 0 Å². The van der Waals surface area contributed by atoms with Gasteiger partial charge in [0.1, 0.15) is 0 Å². The topological polar surface area (TPSA) is 83.6 Å². The number of nitrogens with zero attached hydrogens (tertiary/aromatic N) is 1. The van der Waals surface area contributed by atoms with E-state index >= 15 is 0 Å². The minimum atomic E-state index is -3.69. The van der Waals surface area contributed by atoms with Crippen molar-refractivity contribution >= 4 is 21.8 Å². The molecule has 1 heterocycles. The number of amides is 2. The SMILES string of the molecule is Cc1ccc(CN2C(=O)[C@H]3CCCC[C@@H]3C2=O)cc1S(=O)(=O)NC(C)(C)C. The first-order chi connectivity index (χ1) is 12.5. The van der Waals surface area contributed by atoms with Gasteiger partial charge in [-0.05, 0) is 57.7 Å². The minimum Gasteiger partial charge on any atom is -0.278 e. The lowest BCUT2D eigenvalue weighted by Gasteiger charge is -2.22. The van der Waals surface area contributed by atoms with E-state index in [1.807, 2.05) is 0 Å². The fourth-order valence-corrected chi connectivity index (χ4v) is 5.77. The molecule has 1 aromatic carbocycles. The summed E-state index contributed by atoms with van der Waals surface area (Å²) in [5.41, 5.74) is 0.677. The molecule has 2 amide bonds. The largest absolute Gasteiger partial charge is 0.278 e. The monoisotopic (exact) mass is 392 g/mol. The normalized spacial score (nSPS) is 23.6. The molecule has 1 N–H and O–H groups in total. The molecule has 0 radical (unpaired) electrons. The molecule has 1 aliphatic heterocycles. The van der Waals surface area contributed by atoms with Crippen LogP contribution in [-0.2, 0) is 26.2 Å². The quantitative estimate of drug-likeness (QED) is 0.799. The number of benzene rings is 1. The summed E-state index contributed by atoms with van der Waals surface area (Å²) in [6.45, 7) is 7.22. The van der Waals surface area contributed by atoms with Gasteiger partial charge in [-0.1, -0.05) is 25.0 Å². The second kappa shape index (κ2) is 7.02. The van der Waals surface area contributed by atoms with Crippen LogP contribution in [0.15, 0.2) is 23.1 Å². The Bertz CT molecular complexity index is 846. The average Bonchev–Trinajstić information content (AvgIpc) is 2.80. The number of likely N-dealkylation sites (tertiary alicyclic amines) is 1. The summed E-state index contributed by atoms with van der Waals surface area (Å²) in [4.78, 5) is 26.8. The van der Waals surface area contributed by atoms with E-state index in [1.165, 1.54) is 4.90 Å². The van der Waals surface area contributed by atoms with Crippen LogP contribution in [0.3, 0.4) is 0 Å². The highest BCUT2D eigenvalue weighted by Gasteiger charge is 2.47. The number of rotatable bonds is 4. The van der Waals surface area contributed by atoms with Gasteiger partial charge in [0.15, 0.2) is 0 Å². The van der Waals surface area contributed by atoms with E-state index in [0.717, 1.165) is 25.7 Å². The smallest absolute Gasteiger partial charge is 0.241 e. The van der Waals surface area contributed by atoms with E-state index < -0.39 is 15.6 Å². The third-order valence-corrected chi connectivity index (χ3v) is 7.16. The Kier molecular flexibility index (Phi) is 5.20. The molecule has 3 rings (SSSR count). The Morgan fingerprint density at radius 1 is 1.07 bits per heavy atom. The molecule has 0 bridgehead atoms. The maximum Gasteiger partial charge on any atom is 0.241 e. The number of hydrogen-bond acceptors (Lipinski definition) is 4. The van der Waals surface area contributed by atoms with Crippen LogP contribution in [0.2, 0.25) is 0 Å². The van der Waals surface area contributed by atoms with Gasteiger partial charge in [0.05, 0.1) is 23.3 Å². The molecule has 2 aliphatic rings. The van der Waals surface area contributed by atoms with Gasteiger partial charge >= 0.3 is 0 Å². The van der Waals surface area contributed by atoms with Gasteiger partial charge in [-0.2, -0.15) is 0 Å². The van der Waals surface area contributed by atoms with Crippen molar-refractivity contribution in [2.24, 2.45) is 11.8 Å². The Labute approximate surface area is 161 Å². The number of aryl methyl sites for hydroxylation is 1. The van der Waals surface area contributed by atoms with Crippen molar-refractivity contribution in [1.82, 2.24) is 9.62 Å². The maximum atomic E-state index is 12.7. The van der Waals surface area contributed by atoms with Crippen molar-refractivity contribution < 1.29 is 18.0 Å². The van der Waals surface area contributed by atoms with Crippen LogP contribution in [0.5, 0.6) is 0 Å². The van der Waals surface area contributed by atoms with E-state index in [0.29, 0.717) is 11.1 Å². The van der Waals surface area contributed by atoms with Crippen LogP contribution in [-0.4, -0.2) is 30.7 Å². The Morgan fingerprint density at radius 3 is 2.15 bits per heavy atom. The van der Waals surface area contributed by atoms with Crippen LogP contribution < -0.4 is 4.72 Å². The standard InChI is InChI=1S/C20H28N2O4S/c1-13-9-10-14(11-17(13)27(25,26)21-20(2,3)4)12-22-18(23)15-7-5-6-8-16(15)19(22)24/h9-11,15-16,21H,5-8,12H2,1-4H3/t15-,16-/m0/s1. The Hall–Kier alpha value is -1.73. The van der Waals surface area contributed by atoms with E-state index in [4.69, 9.17) is 0 Å². The van der Waals surface area contributed by atoms with E-state index in [9.17, 15) is 18.0 Å². The summed E-state index contributed by atoms with van der Waals surface area (Å²) in [7, 11) is -3.69. The van der Waals surface area contributed by atoms with Gasteiger partial charge in [-0.15, -0.1) is 0 Å². The summed E-state index contributed by atoms with van der Waals surface area (Å²) < 4.78 is 28.1. The molecule has 148 valence electrons. The van der Waals surface area contributed by atoms with Gasteiger partial charge < -0.3 is 0 Å². The van der Waals surface area contributed by atoms with Crippen LogP contribution in [0, 0.1) is 18.8 Å². The minimum absolute atomic E-state index is 0.109. The molecule has 1 aliphatic carbocycles. The molecule has 1 aromatic rings. The molecule has 2 fully saturated rings. The molecule has 2 atom stereocenters. The highest BCUT2D eigenvalue weighted by molar-refractivity contribution is 7.89. The number of carbonyl (C=O) groups is 2. The van der Waals surface area contributed by atoms with Crippen LogP contribution in [0.4, 0.5) is 0 Å². The molecule has 1 saturated heterocycles. The van der Waals surface area contributed by atoms with Crippen molar-refractivity contribution in [3.63, 3.8) is 0 Å². The van der Waals surface area contributed by atoms with Crippen LogP contribution >= 0.6 is 0 Å². The van der Waals surface area contributed by atoms with E-state index in [2.05, 4.69) is 4.72 Å². The van der Waals surface area contributed by atoms with Crippen molar-refractivity contribution in [2.75, 3.05) is 0 Å². The summed E-state index contributed by atoms with van der Waals surface area (Å²) in [6.07, 6.45) is 3.52. The average molecular weight is 393 g/mol. The maximum absolute atomic E-state index is 12.7. The lowest BCUT2D eigenvalue weighted by Crippen LogP contribution is -2.40. The number of imide groups is 1. The molecule has 6 nitrogen and oxygen atoms in total. The van der Waals surface area contributed by atoms with Gasteiger partial charge in [-0.25, -0.2) is 13.1 Å². The lowest BCUT2D eigenvalue weighted by molar-refractivity contribution is -0.140. The second-order valence-corrected chi connectivity index (χ2v) is 10.4. The van der Waals surface area contributed by atoms with E-state index in [-0.39, 0.29) is 35.1 Å². The third kappa shape index (κ3) is 4.09. The summed E-state index contributed by atoms with van der Waals surface area (Å²) in [5.74, 6) is -0.602. The molecule has 27 heavy (non-hydrogen) atoms. The zero-order valence-electron chi connectivity index (χ0n) is 16.4. The molecule has 1 saturated carbocycles. The van der Waals surface area contributed by atoms with Crippen molar-refractivity contribution in [3.05, 3.63) is 29.3 Å². The number of hydrogen-bond donors (Lipinski definition) is 1. The van der Waals surface area contributed by atoms with Gasteiger partial charge in [0.2, 0.25) is 21.8 Å². The number of fused-ring (bicyclic) bond motifs is 1. The third-order valence-electron chi connectivity index (χ3n) is 5.26. The first-order valence-electron chi connectivity index (χ1n) is 9.48. The van der Waals surface area contributed by atoms with Gasteiger partial charge in [0, 0.05) is 5.54 Å². The highest BCUT2D eigenvalue weighted by Crippen LogP contribution is 2.38. The fourth-order valence-electron chi connectivity index (χ4n) is 4.06. The van der Waals surface area contributed by atoms with Crippen LogP contribution in [0.25, 0.3) is 0 Å². The first-order valence-corrected chi connectivity index (χ1v) is 11.0. The van der Waals surface area contributed by atoms with E-state index in [1.54, 1.807) is 45.9 Å². The Balaban J connectivity index is 1.87. The zero-order chi connectivity index (χ0) is 20.0. The second-order valence-electron chi connectivity index (χ2n) is 8.72. The molecular formula is C20H28N2O4S. The molecular weight excluding hydrogens is 364 g/mol. The summed E-state index contributed by atoms with van der Waals surface area (Å²) in [6, 6.07) is 5.09. The first kappa shape index (κ1) is 20.0. The molecule has 0 aromatic heterocycles. The number of sulfonamides is 1. The lowest BCUT2D eigenvalue weighted by atomic mass is 9.81. The molecule has 7 heteroatoms. The van der Waals surface area contributed by atoms with Crippen molar-refractivity contribution in [2.45, 2.75) is 70.4 Å². The van der Waals surface area contributed by atoms with Gasteiger partial charge in [0.25, 0.3) is 0 Å². The molecule has 0 unspecified atom stereocenters. The number of carbonyl (C=O) groups excluding carboxylic acids is 2. The van der Waals surface area contributed by atoms with Crippen molar-refractivity contribution in [1.29, 1.82) is 0 Å². The predicted molar refractivity (Wildman–Crippen MR) is 102 cm³/mol. The zero-order valence-corrected chi connectivity index (χ0v) is 17.2. The number of nitrogens with one attached hydrogen (secondary N) is 1. The predicted octanol–water partition coefficient (Wildman–Crippen LogP) is 2.75. The summed E-state index contributed by atoms with van der Waals surface area (Å²) in [5, 5.41) is 0. The van der Waals surface area contributed by atoms with Gasteiger partial charge in [-0.3, -0.25) is 14.5 Å². The van der Waals surface area contributed by atoms with Crippen LogP contribution in [0.1, 0.15) is 57.6 Å². The summed E-state index contributed by atoms with van der Waals surface area (Å²) >= 11 is 0. The highest BCUT2D eigenvalue weighted by atomic mass is 32.2.